The molecule has 0 spiro atoms. The van der Waals surface area contributed by atoms with Crippen LogP contribution in [0.2, 0.25) is 5.02 Å². The van der Waals surface area contributed by atoms with E-state index >= 15 is 0 Å². The lowest BCUT2D eigenvalue weighted by Crippen LogP contribution is -2.35. The third-order valence-electron chi connectivity index (χ3n) is 3.23. The van der Waals surface area contributed by atoms with Crippen LogP contribution in [0.3, 0.4) is 0 Å². The van der Waals surface area contributed by atoms with Crippen LogP contribution in [0, 0.1) is 0 Å². The molecule has 1 aromatic carbocycles. The average molecular weight is 256 g/mol. The first kappa shape index (κ1) is 14.5. The molecule has 0 aromatic heterocycles. The molecule has 0 saturated carbocycles. The van der Waals surface area contributed by atoms with Crippen LogP contribution in [0.25, 0.3) is 0 Å². The molecule has 1 rings (SSSR count). The fourth-order valence-corrected chi connectivity index (χ4v) is 1.92. The van der Waals surface area contributed by atoms with Crippen molar-refractivity contribution in [2.45, 2.75) is 38.8 Å². The first-order valence-electron chi connectivity index (χ1n) is 6.20. The lowest BCUT2D eigenvalue weighted by molar-refractivity contribution is 0.0719. The molecule has 0 fully saturated rings. The van der Waals surface area contributed by atoms with Crippen LogP contribution in [-0.2, 0) is 0 Å². The van der Waals surface area contributed by atoms with Crippen molar-refractivity contribution in [2.24, 2.45) is 0 Å². The highest BCUT2D eigenvalue weighted by Gasteiger charge is 2.19. The summed E-state index contributed by atoms with van der Waals surface area (Å²) in [6.07, 6.45) is 1.87. The van der Waals surface area contributed by atoms with Crippen molar-refractivity contribution in [3.8, 4) is 0 Å². The number of aliphatic hydroxyl groups excluding tert-OH is 1. The number of likely N-dealkylation sites (N-methyl/N-ethyl adjacent to an activating group) is 1. The van der Waals surface area contributed by atoms with Crippen LogP contribution in [0.15, 0.2) is 24.3 Å². The van der Waals surface area contributed by atoms with Gasteiger partial charge in [-0.1, -0.05) is 37.1 Å². The first-order valence-corrected chi connectivity index (χ1v) is 6.57. The smallest absolute Gasteiger partial charge is 0.0942 e. The summed E-state index contributed by atoms with van der Waals surface area (Å²) in [6, 6.07) is 7.52. The second kappa shape index (κ2) is 7.00. The van der Waals surface area contributed by atoms with Gasteiger partial charge in [-0.25, -0.2) is 0 Å². The zero-order valence-corrected chi connectivity index (χ0v) is 11.6. The molecular formula is C14H22ClNO. The highest BCUT2D eigenvalue weighted by molar-refractivity contribution is 6.30. The number of aliphatic hydroxyl groups is 1. The van der Waals surface area contributed by atoms with E-state index in [1.165, 1.54) is 6.42 Å². The van der Waals surface area contributed by atoms with Crippen LogP contribution in [0.5, 0.6) is 0 Å². The Hall–Kier alpha value is -0.570. The van der Waals surface area contributed by atoms with E-state index in [1.807, 2.05) is 24.3 Å². The van der Waals surface area contributed by atoms with Gasteiger partial charge >= 0.3 is 0 Å². The summed E-state index contributed by atoms with van der Waals surface area (Å²) < 4.78 is 0. The molecule has 0 amide bonds. The molecule has 3 heteroatoms. The van der Waals surface area contributed by atoms with E-state index < -0.39 is 6.10 Å². The molecule has 0 heterocycles. The van der Waals surface area contributed by atoms with E-state index in [-0.39, 0.29) is 6.04 Å². The summed E-state index contributed by atoms with van der Waals surface area (Å²) >= 11 is 5.83. The van der Waals surface area contributed by atoms with Gasteiger partial charge in [0, 0.05) is 11.1 Å². The van der Waals surface area contributed by atoms with Crippen molar-refractivity contribution in [1.29, 1.82) is 0 Å². The van der Waals surface area contributed by atoms with Gasteiger partial charge in [0.05, 0.1) is 6.10 Å². The molecular weight excluding hydrogens is 234 g/mol. The molecule has 2 atom stereocenters. The Morgan fingerprint density at radius 2 is 1.88 bits per heavy atom. The summed E-state index contributed by atoms with van der Waals surface area (Å²) in [5.74, 6) is 0. The fourth-order valence-electron chi connectivity index (χ4n) is 1.79. The number of hydrogen-bond donors (Lipinski definition) is 1. The van der Waals surface area contributed by atoms with Crippen LogP contribution >= 0.6 is 11.6 Å². The molecule has 0 bridgehead atoms. The molecule has 96 valence electrons. The van der Waals surface area contributed by atoms with E-state index in [0.29, 0.717) is 5.02 Å². The van der Waals surface area contributed by atoms with Crippen molar-refractivity contribution in [3.05, 3.63) is 34.9 Å². The molecule has 0 aliphatic heterocycles. The topological polar surface area (TPSA) is 23.5 Å². The Morgan fingerprint density at radius 1 is 1.29 bits per heavy atom. The van der Waals surface area contributed by atoms with Gasteiger partial charge in [0.1, 0.15) is 0 Å². The lowest BCUT2D eigenvalue weighted by Gasteiger charge is -2.29. The summed E-state index contributed by atoms with van der Waals surface area (Å²) in [7, 11) is 2.06. The zero-order chi connectivity index (χ0) is 12.8. The number of rotatable bonds is 6. The van der Waals surface area contributed by atoms with E-state index in [2.05, 4.69) is 25.8 Å². The molecule has 0 aliphatic carbocycles. The van der Waals surface area contributed by atoms with E-state index in [1.54, 1.807) is 0 Å². The minimum atomic E-state index is -0.464. The molecule has 17 heavy (non-hydrogen) atoms. The maximum absolute atomic E-state index is 10.3. The Kier molecular flexibility index (Phi) is 5.96. The van der Waals surface area contributed by atoms with Crippen LogP contribution < -0.4 is 0 Å². The number of nitrogens with zero attached hydrogens (tertiary/aromatic N) is 1. The predicted octanol–water partition coefficient (Wildman–Crippen LogP) is 3.49. The van der Waals surface area contributed by atoms with Crippen LogP contribution in [-0.4, -0.2) is 29.6 Å². The van der Waals surface area contributed by atoms with Crippen LogP contribution in [0.1, 0.15) is 38.4 Å². The zero-order valence-electron chi connectivity index (χ0n) is 10.9. The number of hydrogen-bond acceptors (Lipinski definition) is 2. The van der Waals surface area contributed by atoms with Crippen molar-refractivity contribution < 1.29 is 5.11 Å². The maximum atomic E-state index is 10.3. The highest BCUT2D eigenvalue weighted by Crippen LogP contribution is 2.22. The number of halogens is 1. The van der Waals surface area contributed by atoms with Gasteiger partial charge in [0.25, 0.3) is 0 Å². The third-order valence-corrected chi connectivity index (χ3v) is 3.48. The normalized spacial score (nSPS) is 14.9. The van der Waals surface area contributed by atoms with E-state index in [9.17, 15) is 5.11 Å². The highest BCUT2D eigenvalue weighted by atomic mass is 35.5. The fraction of sp³-hybridized carbons (Fsp3) is 0.571. The molecule has 1 aromatic rings. The summed E-state index contributed by atoms with van der Waals surface area (Å²) in [4.78, 5) is 2.20. The monoisotopic (exact) mass is 255 g/mol. The molecule has 2 unspecified atom stereocenters. The second-order valence-electron chi connectivity index (χ2n) is 4.57. The minimum Gasteiger partial charge on any atom is -0.387 e. The molecule has 2 nitrogen and oxygen atoms in total. The van der Waals surface area contributed by atoms with Gasteiger partial charge in [-0.2, -0.15) is 0 Å². The van der Waals surface area contributed by atoms with Crippen molar-refractivity contribution >= 4 is 11.6 Å². The van der Waals surface area contributed by atoms with Gasteiger partial charge in [-0.3, -0.25) is 0 Å². The standard InChI is InChI=1S/C14H22ClNO/c1-4-5-10-16(3)11(2)14(17)12-6-8-13(15)9-7-12/h6-9,11,14,17H,4-5,10H2,1-3H3. The van der Waals surface area contributed by atoms with Crippen molar-refractivity contribution in [1.82, 2.24) is 4.90 Å². The molecule has 0 saturated heterocycles. The van der Waals surface area contributed by atoms with Gasteiger partial charge in [0.15, 0.2) is 0 Å². The second-order valence-corrected chi connectivity index (χ2v) is 5.01. The summed E-state index contributed by atoms with van der Waals surface area (Å²) in [6.45, 7) is 5.24. The molecule has 1 N–H and O–H groups in total. The van der Waals surface area contributed by atoms with Gasteiger partial charge in [-0.15, -0.1) is 0 Å². The van der Waals surface area contributed by atoms with Crippen molar-refractivity contribution in [2.75, 3.05) is 13.6 Å². The maximum Gasteiger partial charge on any atom is 0.0942 e. The van der Waals surface area contributed by atoms with Gasteiger partial charge < -0.3 is 10.0 Å². The Labute approximate surface area is 109 Å². The van der Waals surface area contributed by atoms with Gasteiger partial charge in [-0.05, 0) is 44.6 Å². The average Bonchev–Trinajstić information content (AvgIpc) is 2.35. The Morgan fingerprint density at radius 3 is 2.41 bits per heavy atom. The number of benzene rings is 1. The molecule has 0 radical (unpaired) electrons. The third kappa shape index (κ3) is 4.30. The van der Waals surface area contributed by atoms with Crippen LogP contribution in [0.4, 0.5) is 0 Å². The van der Waals surface area contributed by atoms with E-state index in [4.69, 9.17) is 11.6 Å². The largest absolute Gasteiger partial charge is 0.387 e. The van der Waals surface area contributed by atoms with Crippen molar-refractivity contribution in [3.63, 3.8) is 0 Å². The van der Waals surface area contributed by atoms with E-state index in [0.717, 1.165) is 18.5 Å². The lowest BCUT2D eigenvalue weighted by atomic mass is 10.0. The molecule has 0 aliphatic rings. The Balaban J connectivity index is 2.62. The Bertz CT molecular complexity index is 325. The van der Waals surface area contributed by atoms with Gasteiger partial charge in [0.2, 0.25) is 0 Å². The quantitative estimate of drug-likeness (QED) is 0.841. The summed E-state index contributed by atoms with van der Waals surface area (Å²) in [5, 5.41) is 11.0. The summed E-state index contributed by atoms with van der Waals surface area (Å²) in [5.41, 5.74) is 0.922. The first-order chi connectivity index (χ1) is 8.06. The predicted molar refractivity (Wildman–Crippen MR) is 73.4 cm³/mol. The SMILES string of the molecule is CCCCN(C)C(C)C(O)c1ccc(Cl)cc1. The number of unbranched alkanes of at least 4 members (excludes halogenated alkanes) is 1. The minimum absolute atomic E-state index is 0.114.